The van der Waals surface area contributed by atoms with Crippen LogP contribution >= 0.6 is 35.2 Å². The zero-order valence-corrected chi connectivity index (χ0v) is 19.4. The lowest BCUT2D eigenvalue weighted by atomic mass is 9.89. The SMILES string of the molecule is Cc1ccc(-c2ccc(C(=O)NC(=S)Nc3sc4c(c3C#N)CCC(C)C4)o2)cc1Cl. The van der Waals surface area contributed by atoms with Crippen LogP contribution in [0.4, 0.5) is 5.00 Å². The number of nitrogens with one attached hydrogen (secondary N) is 2. The summed E-state index contributed by atoms with van der Waals surface area (Å²) in [6.45, 7) is 4.14. The van der Waals surface area contributed by atoms with E-state index in [-0.39, 0.29) is 10.9 Å². The summed E-state index contributed by atoms with van der Waals surface area (Å²) in [6, 6.07) is 11.2. The predicted octanol–water partition coefficient (Wildman–Crippen LogP) is 6.09. The van der Waals surface area contributed by atoms with E-state index in [9.17, 15) is 10.1 Å². The molecule has 2 N–H and O–H groups in total. The topological polar surface area (TPSA) is 78.1 Å². The summed E-state index contributed by atoms with van der Waals surface area (Å²) in [4.78, 5) is 13.8. The van der Waals surface area contributed by atoms with Gasteiger partial charge < -0.3 is 9.73 Å². The quantitative estimate of drug-likeness (QED) is 0.453. The zero-order chi connectivity index (χ0) is 22.1. The minimum Gasteiger partial charge on any atom is -0.451 e. The molecule has 0 spiro atoms. The van der Waals surface area contributed by atoms with Crippen LogP contribution in [0.2, 0.25) is 5.02 Å². The minimum absolute atomic E-state index is 0.129. The van der Waals surface area contributed by atoms with Gasteiger partial charge in [-0.25, -0.2) is 0 Å². The normalized spacial score (nSPS) is 15.1. The Morgan fingerprint density at radius 3 is 2.90 bits per heavy atom. The summed E-state index contributed by atoms with van der Waals surface area (Å²) in [6.07, 6.45) is 2.94. The number of hydrogen-bond donors (Lipinski definition) is 2. The minimum atomic E-state index is -0.463. The maximum atomic E-state index is 12.6. The monoisotopic (exact) mass is 469 g/mol. The Bertz CT molecular complexity index is 1220. The van der Waals surface area contributed by atoms with E-state index in [1.54, 1.807) is 18.2 Å². The van der Waals surface area contributed by atoms with Crippen molar-refractivity contribution in [3.05, 3.63) is 62.7 Å². The van der Waals surface area contributed by atoms with Crippen LogP contribution in [0, 0.1) is 24.2 Å². The molecule has 1 aromatic carbocycles. The second-order valence-corrected chi connectivity index (χ2v) is 9.62. The van der Waals surface area contributed by atoms with Gasteiger partial charge in [-0.2, -0.15) is 5.26 Å². The fraction of sp³-hybridized carbons (Fsp3) is 0.261. The summed E-state index contributed by atoms with van der Waals surface area (Å²) in [5.74, 6) is 0.817. The van der Waals surface area contributed by atoms with Crippen LogP contribution in [0.1, 0.15) is 45.5 Å². The van der Waals surface area contributed by atoms with Crippen LogP contribution in [-0.2, 0) is 12.8 Å². The lowest BCUT2D eigenvalue weighted by molar-refractivity contribution is 0.0951. The molecule has 2 heterocycles. The van der Waals surface area contributed by atoms with Gasteiger partial charge in [-0.1, -0.05) is 30.7 Å². The second-order valence-electron chi connectivity index (χ2n) is 7.70. The molecular weight excluding hydrogens is 450 g/mol. The first-order valence-corrected chi connectivity index (χ1v) is 11.5. The molecule has 0 fully saturated rings. The highest BCUT2D eigenvalue weighted by molar-refractivity contribution is 7.80. The average molecular weight is 470 g/mol. The number of nitriles is 1. The van der Waals surface area contributed by atoms with Crippen LogP contribution in [-0.4, -0.2) is 11.0 Å². The van der Waals surface area contributed by atoms with Gasteiger partial charge in [0.15, 0.2) is 10.9 Å². The standard InChI is InChI=1S/C23H20ClN3O2S2/c1-12-3-6-15-16(11-25)22(31-20(15)9-12)27-23(30)26-21(28)19-8-7-18(29-19)14-5-4-13(2)17(24)10-14/h4-5,7-8,10,12H,3,6,9H2,1-2H3,(H2,26,27,28,30). The van der Waals surface area contributed by atoms with Gasteiger partial charge >= 0.3 is 0 Å². The summed E-state index contributed by atoms with van der Waals surface area (Å²) in [5, 5.41) is 16.7. The number of anilines is 1. The third-order valence-corrected chi connectivity index (χ3v) is 7.14. The molecule has 0 aliphatic heterocycles. The van der Waals surface area contributed by atoms with E-state index in [0.717, 1.165) is 36.0 Å². The first kappa shape index (κ1) is 21.6. The summed E-state index contributed by atoms with van der Waals surface area (Å²) in [7, 11) is 0. The number of carbonyl (C=O) groups excluding carboxylic acids is 1. The summed E-state index contributed by atoms with van der Waals surface area (Å²) in [5.41, 5.74) is 3.48. The van der Waals surface area contributed by atoms with Crippen molar-refractivity contribution in [2.45, 2.75) is 33.1 Å². The first-order valence-electron chi connectivity index (χ1n) is 9.89. The van der Waals surface area contributed by atoms with Crippen molar-refractivity contribution in [3.63, 3.8) is 0 Å². The number of aryl methyl sites for hydroxylation is 1. The Labute approximate surface area is 195 Å². The smallest absolute Gasteiger partial charge is 0.293 e. The highest BCUT2D eigenvalue weighted by Crippen LogP contribution is 2.39. The van der Waals surface area contributed by atoms with Gasteiger partial charge in [0, 0.05) is 15.5 Å². The molecule has 1 aliphatic carbocycles. The molecule has 1 amide bonds. The molecule has 1 atom stereocenters. The highest BCUT2D eigenvalue weighted by atomic mass is 35.5. The van der Waals surface area contributed by atoms with E-state index >= 15 is 0 Å². The number of furan rings is 1. The van der Waals surface area contributed by atoms with Gasteiger partial charge in [-0.3, -0.25) is 10.1 Å². The lowest BCUT2D eigenvalue weighted by Gasteiger charge is -2.17. The Balaban J connectivity index is 1.45. The number of thiophene rings is 1. The molecule has 1 aliphatic rings. The molecule has 0 saturated carbocycles. The molecule has 2 aromatic heterocycles. The number of amides is 1. The number of fused-ring (bicyclic) bond motifs is 1. The summed E-state index contributed by atoms with van der Waals surface area (Å²) >= 11 is 13.0. The zero-order valence-electron chi connectivity index (χ0n) is 17.0. The van der Waals surface area contributed by atoms with E-state index in [4.69, 9.17) is 28.2 Å². The number of hydrogen-bond acceptors (Lipinski definition) is 5. The third kappa shape index (κ3) is 4.52. The van der Waals surface area contributed by atoms with Crippen molar-refractivity contribution in [1.29, 1.82) is 5.26 Å². The van der Waals surface area contributed by atoms with Crippen LogP contribution < -0.4 is 10.6 Å². The Hall–Kier alpha value is -2.66. The molecule has 5 nitrogen and oxygen atoms in total. The fourth-order valence-corrected chi connectivity index (χ4v) is 5.42. The van der Waals surface area contributed by atoms with Gasteiger partial charge in [0.2, 0.25) is 0 Å². The largest absolute Gasteiger partial charge is 0.451 e. The molecular formula is C23H20ClN3O2S2. The Kier molecular flexibility index (Phi) is 6.15. The molecule has 158 valence electrons. The number of nitrogens with zero attached hydrogens (tertiary/aromatic N) is 1. The van der Waals surface area contributed by atoms with Crippen molar-refractivity contribution in [2.75, 3.05) is 5.32 Å². The fourth-order valence-electron chi connectivity index (χ4n) is 3.62. The van der Waals surface area contributed by atoms with Crippen molar-refractivity contribution < 1.29 is 9.21 Å². The van der Waals surface area contributed by atoms with Crippen molar-refractivity contribution in [1.82, 2.24) is 5.32 Å². The van der Waals surface area contributed by atoms with E-state index < -0.39 is 5.91 Å². The van der Waals surface area contributed by atoms with E-state index in [1.165, 1.54) is 16.2 Å². The van der Waals surface area contributed by atoms with Crippen LogP contribution in [0.25, 0.3) is 11.3 Å². The molecule has 8 heteroatoms. The van der Waals surface area contributed by atoms with Crippen LogP contribution in [0.15, 0.2) is 34.7 Å². The maximum absolute atomic E-state index is 12.6. The number of carbonyl (C=O) groups is 1. The van der Waals surface area contributed by atoms with Gasteiger partial charge in [0.25, 0.3) is 5.91 Å². The maximum Gasteiger partial charge on any atom is 0.293 e. The van der Waals surface area contributed by atoms with Gasteiger partial charge in [-0.05, 0) is 73.6 Å². The first-order chi connectivity index (χ1) is 14.9. The van der Waals surface area contributed by atoms with E-state index in [1.807, 2.05) is 19.1 Å². The van der Waals surface area contributed by atoms with E-state index in [0.29, 0.717) is 27.3 Å². The molecule has 31 heavy (non-hydrogen) atoms. The number of benzene rings is 1. The van der Waals surface area contributed by atoms with Gasteiger partial charge in [0.1, 0.15) is 16.8 Å². The van der Waals surface area contributed by atoms with Gasteiger partial charge in [0.05, 0.1) is 5.56 Å². The Morgan fingerprint density at radius 1 is 1.35 bits per heavy atom. The average Bonchev–Trinajstić information content (AvgIpc) is 3.34. The molecule has 1 unspecified atom stereocenters. The molecule has 0 saturated heterocycles. The summed E-state index contributed by atoms with van der Waals surface area (Å²) < 4.78 is 5.69. The predicted molar refractivity (Wildman–Crippen MR) is 128 cm³/mol. The Morgan fingerprint density at radius 2 is 2.16 bits per heavy atom. The van der Waals surface area contributed by atoms with Gasteiger partial charge in [-0.15, -0.1) is 11.3 Å². The van der Waals surface area contributed by atoms with Crippen LogP contribution in [0.5, 0.6) is 0 Å². The molecule has 0 radical (unpaired) electrons. The molecule has 4 rings (SSSR count). The highest BCUT2D eigenvalue weighted by Gasteiger charge is 2.24. The number of rotatable bonds is 3. The number of halogens is 1. The third-order valence-electron chi connectivity index (χ3n) is 5.36. The van der Waals surface area contributed by atoms with E-state index in [2.05, 4.69) is 23.6 Å². The second kappa shape index (κ2) is 8.83. The van der Waals surface area contributed by atoms with Crippen molar-refractivity contribution in [2.24, 2.45) is 5.92 Å². The van der Waals surface area contributed by atoms with Crippen molar-refractivity contribution >= 4 is 51.2 Å². The molecule has 0 bridgehead atoms. The van der Waals surface area contributed by atoms with Crippen molar-refractivity contribution in [3.8, 4) is 17.4 Å². The van der Waals surface area contributed by atoms with Crippen LogP contribution in [0.3, 0.4) is 0 Å². The lowest BCUT2D eigenvalue weighted by Crippen LogP contribution is -2.33. The molecule has 3 aromatic rings. The number of thiocarbonyl (C=S) groups is 1.